The second-order valence-corrected chi connectivity index (χ2v) is 6.54. The van der Waals surface area contributed by atoms with E-state index in [4.69, 9.17) is 9.47 Å². The van der Waals surface area contributed by atoms with Gasteiger partial charge in [0, 0.05) is 13.1 Å². The van der Waals surface area contributed by atoms with Crippen LogP contribution in [-0.4, -0.2) is 55.3 Å². The summed E-state index contributed by atoms with van der Waals surface area (Å²) in [6.45, 7) is 7.16. The molecule has 0 aromatic heterocycles. The number of amides is 1. The summed E-state index contributed by atoms with van der Waals surface area (Å²) in [5.74, 6) is 0.0569. The second kappa shape index (κ2) is 7.62. The number of benzene rings is 1. The van der Waals surface area contributed by atoms with Crippen molar-refractivity contribution in [1.82, 2.24) is 10.2 Å². The molecule has 1 amide bonds. The molecule has 1 N–H and O–H groups in total. The van der Waals surface area contributed by atoms with Crippen molar-refractivity contribution in [3.8, 4) is 0 Å². The third-order valence-electron chi connectivity index (χ3n) is 4.36. The molecule has 0 spiro atoms. The number of nitrogens with zero attached hydrogens (tertiary/aromatic N) is 1. The molecule has 2 aliphatic heterocycles. The molecule has 2 saturated heterocycles. The zero-order valence-electron chi connectivity index (χ0n) is 13.7. The lowest BCUT2D eigenvalue weighted by atomic mass is 9.97. The van der Waals surface area contributed by atoms with Crippen molar-refractivity contribution in [2.45, 2.75) is 31.6 Å². The lowest BCUT2D eigenvalue weighted by Gasteiger charge is -2.46. The van der Waals surface area contributed by atoms with E-state index in [1.165, 1.54) is 0 Å². The maximum Gasteiger partial charge on any atom is 0.253 e. The van der Waals surface area contributed by atoms with Crippen molar-refractivity contribution in [2.24, 2.45) is 0 Å². The molecule has 6 heteroatoms. The highest BCUT2D eigenvalue weighted by Crippen LogP contribution is 2.31. The first-order chi connectivity index (χ1) is 10.6. The van der Waals surface area contributed by atoms with Crippen LogP contribution in [0.1, 0.15) is 25.5 Å². The van der Waals surface area contributed by atoms with Gasteiger partial charge in [0.05, 0.1) is 25.3 Å². The summed E-state index contributed by atoms with van der Waals surface area (Å²) in [6.07, 6.45) is -0.461. The topological polar surface area (TPSA) is 50.8 Å². The number of rotatable bonds is 2. The van der Waals surface area contributed by atoms with Crippen LogP contribution in [0.4, 0.5) is 0 Å². The number of morpholine rings is 2. The van der Waals surface area contributed by atoms with Crippen LogP contribution in [0.2, 0.25) is 0 Å². The molecule has 128 valence electrons. The molecular weight excluding hydrogens is 316 g/mol. The van der Waals surface area contributed by atoms with Gasteiger partial charge < -0.3 is 19.7 Å². The number of ether oxygens (including phenoxy) is 2. The molecule has 5 nitrogen and oxygen atoms in total. The lowest BCUT2D eigenvalue weighted by Crippen LogP contribution is -2.60. The fourth-order valence-electron chi connectivity index (χ4n) is 3.00. The van der Waals surface area contributed by atoms with E-state index in [0.717, 1.165) is 12.1 Å². The molecule has 0 bridgehead atoms. The quantitative estimate of drug-likeness (QED) is 0.891. The maximum atomic E-state index is 12.9. The smallest absolute Gasteiger partial charge is 0.253 e. The van der Waals surface area contributed by atoms with Crippen LogP contribution in [0.3, 0.4) is 0 Å². The summed E-state index contributed by atoms with van der Waals surface area (Å²) in [6, 6.07) is 10.1. The minimum absolute atomic E-state index is 0. The largest absolute Gasteiger partial charge is 0.369 e. The van der Waals surface area contributed by atoms with Crippen LogP contribution in [0, 0.1) is 0 Å². The fourth-order valence-corrected chi connectivity index (χ4v) is 3.00. The summed E-state index contributed by atoms with van der Waals surface area (Å²) in [5, 5.41) is 3.22. The fraction of sp³-hybridized carbons (Fsp3) is 0.588. The third-order valence-corrected chi connectivity index (χ3v) is 4.36. The summed E-state index contributed by atoms with van der Waals surface area (Å²) < 4.78 is 11.6. The molecule has 2 fully saturated rings. The minimum Gasteiger partial charge on any atom is -0.369 e. The van der Waals surface area contributed by atoms with Gasteiger partial charge in [-0.2, -0.15) is 0 Å². The van der Waals surface area contributed by atoms with Gasteiger partial charge in [0.25, 0.3) is 5.91 Å². The molecule has 1 aromatic rings. The molecule has 2 atom stereocenters. The monoisotopic (exact) mass is 340 g/mol. The van der Waals surface area contributed by atoms with Crippen LogP contribution in [0.15, 0.2) is 30.3 Å². The molecule has 0 radical (unpaired) electrons. The van der Waals surface area contributed by atoms with E-state index in [-0.39, 0.29) is 36.1 Å². The highest BCUT2D eigenvalue weighted by molar-refractivity contribution is 5.85. The number of hydrogen-bond donors (Lipinski definition) is 1. The summed E-state index contributed by atoms with van der Waals surface area (Å²) in [5.41, 5.74) is 0.793. The second-order valence-electron chi connectivity index (χ2n) is 6.54. The first-order valence-electron chi connectivity index (χ1n) is 7.88. The zero-order valence-corrected chi connectivity index (χ0v) is 14.5. The van der Waals surface area contributed by atoms with E-state index >= 15 is 0 Å². The van der Waals surface area contributed by atoms with Gasteiger partial charge in [-0.25, -0.2) is 0 Å². The van der Waals surface area contributed by atoms with Crippen molar-refractivity contribution < 1.29 is 14.3 Å². The Kier molecular flexibility index (Phi) is 6.03. The van der Waals surface area contributed by atoms with Gasteiger partial charge in [-0.1, -0.05) is 30.3 Å². The predicted octanol–water partition coefficient (Wildman–Crippen LogP) is 1.78. The molecule has 3 rings (SSSR count). The van der Waals surface area contributed by atoms with Gasteiger partial charge >= 0.3 is 0 Å². The van der Waals surface area contributed by atoms with Crippen LogP contribution < -0.4 is 5.32 Å². The van der Waals surface area contributed by atoms with E-state index in [1.54, 1.807) is 0 Å². The third kappa shape index (κ3) is 4.04. The maximum absolute atomic E-state index is 12.9. The minimum atomic E-state index is -0.387. The van der Waals surface area contributed by atoms with Gasteiger partial charge in [-0.05, 0) is 19.4 Å². The number of hydrogen-bond acceptors (Lipinski definition) is 4. The molecule has 2 unspecified atom stereocenters. The normalized spacial score (nSPS) is 27.1. The Hall–Kier alpha value is -1.14. The van der Waals surface area contributed by atoms with Crippen molar-refractivity contribution in [3.63, 3.8) is 0 Å². The van der Waals surface area contributed by atoms with Gasteiger partial charge in [0.2, 0.25) is 0 Å². The van der Waals surface area contributed by atoms with Crippen molar-refractivity contribution in [2.75, 3.05) is 32.8 Å². The number of carbonyl (C=O) groups is 1. The van der Waals surface area contributed by atoms with Crippen LogP contribution >= 0.6 is 12.4 Å². The lowest BCUT2D eigenvalue weighted by molar-refractivity contribution is -0.167. The van der Waals surface area contributed by atoms with Gasteiger partial charge in [0.1, 0.15) is 12.2 Å². The highest BCUT2D eigenvalue weighted by atomic mass is 35.5. The van der Waals surface area contributed by atoms with Crippen molar-refractivity contribution in [3.05, 3.63) is 35.9 Å². The van der Waals surface area contributed by atoms with Gasteiger partial charge in [0.15, 0.2) is 0 Å². The SMILES string of the molecule is CC1(C)COC(c2ccccc2)CN1C(=O)C1CNCCO1.Cl. The number of carbonyl (C=O) groups excluding carboxylic acids is 1. The highest BCUT2D eigenvalue weighted by Gasteiger charge is 2.41. The first-order valence-corrected chi connectivity index (χ1v) is 7.88. The van der Waals surface area contributed by atoms with E-state index in [0.29, 0.717) is 26.3 Å². The zero-order chi connectivity index (χ0) is 15.6. The van der Waals surface area contributed by atoms with Gasteiger partial charge in [-0.15, -0.1) is 12.4 Å². The molecule has 1 aromatic carbocycles. The van der Waals surface area contributed by atoms with Gasteiger partial charge in [-0.3, -0.25) is 4.79 Å². The Morgan fingerprint density at radius 1 is 1.26 bits per heavy atom. The summed E-state index contributed by atoms with van der Waals surface area (Å²) in [4.78, 5) is 14.8. The van der Waals surface area contributed by atoms with E-state index in [9.17, 15) is 4.79 Å². The molecule has 23 heavy (non-hydrogen) atoms. The van der Waals surface area contributed by atoms with Crippen LogP contribution in [0.5, 0.6) is 0 Å². The van der Waals surface area contributed by atoms with Crippen molar-refractivity contribution >= 4 is 18.3 Å². The summed E-state index contributed by atoms with van der Waals surface area (Å²) >= 11 is 0. The Morgan fingerprint density at radius 2 is 2.00 bits per heavy atom. The van der Waals surface area contributed by atoms with Crippen molar-refractivity contribution in [1.29, 1.82) is 0 Å². The molecule has 2 aliphatic rings. The number of nitrogens with one attached hydrogen (secondary N) is 1. The Labute approximate surface area is 143 Å². The average Bonchev–Trinajstić information content (AvgIpc) is 2.56. The average molecular weight is 341 g/mol. The Morgan fingerprint density at radius 3 is 2.65 bits per heavy atom. The summed E-state index contributed by atoms with van der Waals surface area (Å²) in [7, 11) is 0. The Bertz CT molecular complexity index is 518. The molecule has 2 heterocycles. The number of halogens is 1. The Balaban J connectivity index is 0.00000192. The van der Waals surface area contributed by atoms with E-state index in [1.807, 2.05) is 49.1 Å². The molecular formula is C17H25ClN2O3. The van der Waals surface area contributed by atoms with E-state index in [2.05, 4.69) is 5.32 Å². The van der Waals surface area contributed by atoms with E-state index < -0.39 is 0 Å². The predicted molar refractivity (Wildman–Crippen MR) is 90.8 cm³/mol. The molecule has 0 aliphatic carbocycles. The molecule has 0 saturated carbocycles. The van der Waals surface area contributed by atoms with Crippen LogP contribution in [0.25, 0.3) is 0 Å². The standard InChI is InChI=1S/C17H24N2O3.ClH/c1-17(2)12-22-15(13-6-4-3-5-7-13)11-19(17)16(20)14-10-18-8-9-21-14;/h3-7,14-15,18H,8-12H2,1-2H3;1H. The van der Waals surface area contributed by atoms with Crippen LogP contribution in [-0.2, 0) is 14.3 Å². The first kappa shape index (κ1) is 18.2.